The smallest absolute Gasteiger partial charge is 0.257 e. The highest BCUT2D eigenvalue weighted by atomic mass is 35.5. The number of rotatable bonds is 4. The van der Waals surface area contributed by atoms with E-state index in [9.17, 15) is 4.79 Å². The van der Waals surface area contributed by atoms with E-state index in [1.807, 2.05) is 43.3 Å². The van der Waals surface area contributed by atoms with Crippen LogP contribution in [0.3, 0.4) is 0 Å². The van der Waals surface area contributed by atoms with Crippen molar-refractivity contribution in [3.63, 3.8) is 0 Å². The van der Waals surface area contributed by atoms with Gasteiger partial charge in [0, 0.05) is 23.7 Å². The molecule has 1 N–H and O–H groups in total. The van der Waals surface area contributed by atoms with Crippen molar-refractivity contribution in [1.29, 1.82) is 0 Å². The van der Waals surface area contributed by atoms with Crippen LogP contribution < -0.4 is 0 Å². The minimum absolute atomic E-state index is 0.136. The maximum Gasteiger partial charge on any atom is 0.257 e. The standard InChI is InChI=1S/C24H21Cl2N5O2/c1-15-18(22(26)31(29-15)17-6-4-5-16(25)13-17)14-19(24(32)30-9-11-33-12-10-30)23-27-20-7-2-3-8-21(20)28-23/h2-8,13-14H,9-12H2,1H3,(H,27,28). The Kier molecular flexibility index (Phi) is 5.93. The minimum atomic E-state index is -0.136. The Morgan fingerprint density at radius 3 is 2.67 bits per heavy atom. The van der Waals surface area contributed by atoms with Crippen LogP contribution in [0.25, 0.3) is 28.4 Å². The van der Waals surface area contributed by atoms with Crippen molar-refractivity contribution >= 4 is 51.8 Å². The van der Waals surface area contributed by atoms with Crippen LogP contribution in [0.1, 0.15) is 17.1 Å². The third-order valence-electron chi connectivity index (χ3n) is 5.56. The number of aryl methyl sites for hydroxylation is 1. The summed E-state index contributed by atoms with van der Waals surface area (Å²) in [6.07, 6.45) is 1.77. The predicted molar refractivity (Wildman–Crippen MR) is 130 cm³/mol. The monoisotopic (exact) mass is 481 g/mol. The molecule has 0 saturated carbocycles. The number of morpholine rings is 1. The zero-order chi connectivity index (χ0) is 22.9. The molecule has 0 atom stereocenters. The molecule has 0 bridgehead atoms. The van der Waals surface area contributed by atoms with E-state index in [-0.39, 0.29) is 5.91 Å². The van der Waals surface area contributed by atoms with Crippen LogP contribution in [0.15, 0.2) is 48.5 Å². The molecule has 2 aromatic heterocycles. The summed E-state index contributed by atoms with van der Waals surface area (Å²) < 4.78 is 7.03. The van der Waals surface area contributed by atoms with Crippen molar-refractivity contribution in [2.45, 2.75) is 6.92 Å². The number of carbonyl (C=O) groups is 1. The number of hydrogen-bond donors (Lipinski definition) is 1. The molecule has 9 heteroatoms. The first-order valence-corrected chi connectivity index (χ1v) is 11.3. The fourth-order valence-corrected chi connectivity index (χ4v) is 4.36. The third-order valence-corrected chi connectivity index (χ3v) is 6.16. The number of nitrogens with one attached hydrogen (secondary N) is 1. The highest BCUT2D eigenvalue weighted by molar-refractivity contribution is 6.33. The van der Waals surface area contributed by atoms with Gasteiger partial charge in [-0.2, -0.15) is 5.10 Å². The summed E-state index contributed by atoms with van der Waals surface area (Å²) in [5.41, 5.74) is 4.12. The number of amides is 1. The quantitative estimate of drug-likeness (QED) is 0.426. The number of ether oxygens (including phenoxy) is 1. The highest BCUT2D eigenvalue weighted by Gasteiger charge is 2.25. The molecular weight excluding hydrogens is 461 g/mol. The van der Waals surface area contributed by atoms with Gasteiger partial charge in [0.15, 0.2) is 0 Å². The minimum Gasteiger partial charge on any atom is -0.378 e. The van der Waals surface area contributed by atoms with E-state index in [1.54, 1.807) is 27.8 Å². The Balaban J connectivity index is 1.63. The van der Waals surface area contributed by atoms with E-state index in [4.69, 9.17) is 27.9 Å². The topological polar surface area (TPSA) is 76.0 Å². The van der Waals surface area contributed by atoms with Crippen molar-refractivity contribution in [2.24, 2.45) is 0 Å². The number of aromatic amines is 1. The van der Waals surface area contributed by atoms with E-state index in [2.05, 4.69) is 15.1 Å². The fourth-order valence-electron chi connectivity index (χ4n) is 3.85. The second-order valence-electron chi connectivity index (χ2n) is 7.75. The number of halogens is 2. The number of hydrogen-bond acceptors (Lipinski definition) is 4. The molecule has 2 aromatic carbocycles. The first-order valence-electron chi connectivity index (χ1n) is 10.6. The molecule has 33 heavy (non-hydrogen) atoms. The Labute approximate surface area is 200 Å². The van der Waals surface area contributed by atoms with Gasteiger partial charge < -0.3 is 14.6 Å². The molecular formula is C24H21Cl2N5O2. The molecule has 0 radical (unpaired) electrons. The normalized spacial score (nSPS) is 14.8. The SMILES string of the molecule is Cc1nn(-c2cccc(Cl)c2)c(Cl)c1C=C(C(=O)N1CCOCC1)c1nc2ccccc2[nH]1. The zero-order valence-electron chi connectivity index (χ0n) is 17.9. The predicted octanol–water partition coefficient (Wildman–Crippen LogP) is 4.76. The molecule has 168 valence electrons. The van der Waals surface area contributed by atoms with Gasteiger partial charge in [-0.3, -0.25) is 4.79 Å². The number of aromatic nitrogens is 4. The molecule has 7 nitrogen and oxygen atoms in total. The van der Waals surface area contributed by atoms with Crippen LogP contribution >= 0.6 is 23.2 Å². The molecule has 1 amide bonds. The largest absolute Gasteiger partial charge is 0.378 e. The van der Waals surface area contributed by atoms with E-state index in [0.717, 1.165) is 16.7 Å². The molecule has 0 unspecified atom stereocenters. The van der Waals surface area contributed by atoms with Gasteiger partial charge in [0.05, 0.1) is 41.2 Å². The maximum absolute atomic E-state index is 13.6. The van der Waals surface area contributed by atoms with Crippen molar-refractivity contribution < 1.29 is 9.53 Å². The lowest BCUT2D eigenvalue weighted by Gasteiger charge is -2.27. The Morgan fingerprint density at radius 1 is 1.12 bits per heavy atom. The van der Waals surface area contributed by atoms with Crippen molar-refractivity contribution in [1.82, 2.24) is 24.6 Å². The van der Waals surface area contributed by atoms with Gasteiger partial charge in [-0.05, 0) is 43.3 Å². The number of fused-ring (bicyclic) bond motifs is 1. The molecule has 4 aromatic rings. The van der Waals surface area contributed by atoms with Gasteiger partial charge in [0.25, 0.3) is 5.91 Å². The summed E-state index contributed by atoms with van der Waals surface area (Å²) in [5, 5.41) is 5.56. The van der Waals surface area contributed by atoms with Crippen molar-refractivity contribution in [3.8, 4) is 5.69 Å². The summed E-state index contributed by atoms with van der Waals surface area (Å²) in [4.78, 5) is 23.3. The van der Waals surface area contributed by atoms with Crippen LogP contribution in [0.5, 0.6) is 0 Å². The fraction of sp³-hybridized carbons (Fsp3) is 0.208. The molecule has 0 spiro atoms. The first-order chi connectivity index (χ1) is 16.0. The number of para-hydroxylation sites is 2. The van der Waals surface area contributed by atoms with E-state index in [1.165, 1.54) is 0 Å². The van der Waals surface area contributed by atoms with Crippen LogP contribution in [0.2, 0.25) is 10.2 Å². The van der Waals surface area contributed by atoms with Crippen LogP contribution in [0, 0.1) is 6.92 Å². The van der Waals surface area contributed by atoms with Gasteiger partial charge >= 0.3 is 0 Å². The Hall–Kier alpha value is -3.13. The first kappa shape index (κ1) is 21.7. The van der Waals surface area contributed by atoms with E-state index < -0.39 is 0 Å². The Bertz CT molecular complexity index is 1340. The number of benzene rings is 2. The average molecular weight is 482 g/mol. The molecule has 5 rings (SSSR count). The zero-order valence-corrected chi connectivity index (χ0v) is 19.4. The highest BCUT2D eigenvalue weighted by Crippen LogP contribution is 2.30. The maximum atomic E-state index is 13.6. The van der Waals surface area contributed by atoms with Gasteiger partial charge in [-0.25, -0.2) is 9.67 Å². The summed E-state index contributed by atoms with van der Waals surface area (Å²) in [6.45, 7) is 3.90. The van der Waals surface area contributed by atoms with Gasteiger partial charge in [-0.15, -0.1) is 0 Å². The van der Waals surface area contributed by atoms with Gasteiger partial charge in [0.1, 0.15) is 11.0 Å². The van der Waals surface area contributed by atoms with Crippen LogP contribution in [-0.2, 0) is 9.53 Å². The number of carbonyl (C=O) groups excluding carboxylic acids is 1. The number of nitrogens with zero attached hydrogens (tertiary/aromatic N) is 4. The van der Waals surface area contributed by atoms with Crippen LogP contribution in [0.4, 0.5) is 0 Å². The second-order valence-corrected chi connectivity index (χ2v) is 8.54. The lowest BCUT2D eigenvalue weighted by Crippen LogP contribution is -2.41. The second kappa shape index (κ2) is 9.02. The molecule has 1 aliphatic heterocycles. The molecule has 1 fully saturated rings. The van der Waals surface area contributed by atoms with Gasteiger partial charge in [0.2, 0.25) is 0 Å². The van der Waals surface area contributed by atoms with Crippen molar-refractivity contribution in [2.75, 3.05) is 26.3 Å². The molecule has 1 saturated heterocycles. The Morgan fingerprint density at radius 2 is 1.91 bits per heavy atom. The molecule has 1 aliphatic rings. The number of H-pyrrole nitrogens is 1. The van der Waals surface area contributed by atoms with E-state index >= 15 is 0 Å². The van der Waals surface area contributed by atoms with Crippen LogP contribution in [-0.4, -0.2) is 56.9 Å². The van der Waals surface area contributed by atoms with Crippen molar-refractivity contribution in [3.05, 3.63) is 75.8 Å². The number of imidazole rings is 1. The third kappa shape index (κ3) is 4.27. The van der Waals surface area contributed by atoms with E-state index in [0.29, 0.717) is 59.1 Å². The lowest BCUT2D eigenvalue weighted by atomic mass is 10.1. The summed E-state index contributed by atoms with van der Waals surface area (Å²) in [5.74, 6) is 0.349. The summed E-state index contributed by atoms with van der Waals surface area (Å²) in [6, 6.07) is 14.9. The molecule has 3 heterocycles. The lowest BCUT2D eigenvalue weighted by molar-refractivity contribution is -0.128. The summed E-state index contributed by atoms with van der Waals surface area (Å²) >= 11 is 12.9. The average Bonchev–Trinajstić information content (AvgIpc) is 3.38. The molecule has 0 aliphatic carbocycles. The summed E-state index contributed by atoms with van der Waals surface area (Å²) in [7, 11) is 0. The van der Waals surface area contributed by atoms with Gasteiger partial charge in [-0.1, -0.05) is 41.4 Å².